The second-order valence-corrected chi connectivity index (χ2v) is 5.44. The number of thiol groups is 1. The molecule has 0 aliphatic rings. The van der Waals surface area contributed by atoms with Crippen LogP contribution in [0.25, 0.3) is 0 Å². The predicted octanol–water partition coefficient (Wildman–Crippen LogP) is 3.07. The summed E-state index contributed by atoms with van der Waals surface area (Å²) in [6.07, 6.45) is 1.47. The molecule has 1 heterocycles. The van der Waals surface area contributed by atoms with Crippen molar-refractivity contribution in [3.63, 3.8) is 0 Å². The molecule has 0 aliphatic carbocycles. The Labute approximate surface area is 142 Å². The van der Waals surface area contributed by atoms with Crippen LogP contribution in [0.1, 0.15) is 17.7 Å². The van der Waals surface area contributed by atoms with Gasteiger partial charge in [0, 0.05) is 32.4 Å². The molecule has 1 aromatic heterocycles. The average Bonchev–Trinajstić information content (AvgIpc) is 2.59. The molecule has 5 nitrogen and oxygen atoms in total. The summed E-state index contributed by atoms with van der Waals surface area (Å²) in [5.41, 5.74) is 2.06. The van der Waals surface area contributed by atoms with E-state index in [0.717, 1.165) is 12.1 Å². The molecule has 0 saturated carbocycles. The zero-order valence-electron chi connectivity index (χ0n) is 13.1. The van der Waals surface area contributed by atoms with Crippen molar-refractivity contribution in [2.45, 2.75) is 12.8 Å². The van der Waals surface area contributed by atoms with Crippen LogP contribution < -0.4 is 9.62 Å². The number of hydrogen-bond acceptors (Lipinski definition) is 4. The molecule has 0 atom stereocenters. The Balaban J connectivity index is 1.96. The van der Waals surface area contributed by atoms with Crippen LogP contribution >= 0.6 is 12.8 Å². The molecule has 0 radical (unpaired) electrons. The van der Waals surface area contributed by atoms with Crippen molar-refractivity contribution in [1.82, 2.24) is 10.3 Å². The van der Waals surface area contributed by atoms with Crippen molar-refractivity contribution in [3.8, 4) is 0 Å². The quantitative estimate of drug-likeness (QED) is 0.605. The van der Waals surface area contributed by atoms with Gasteiger partial charge >= 0.3 is 6.03 Å². The fraction of sp³-hybridized carbons (Fsp3) is 0.294. The third-order valence-electron chi connectivity index (χ3n) is 3.23. The summed E-state index contributed by atoms with van der Waals surface area (Å²) in [5, 5.41) is 2.78. The van der Waals surface area contributed by atoms with Gasteiger partial charge in [0.25, 0.3) is 0 Å². The Kier molecular flexibility index (Phi) is 6.90. The zero-order valence-corrected chi connectivity index (χ0v) is 14.0. The Bertz CT molecular complexity index is 622. The summed E-state index contributed by atoms with van der Waals surface area (Å²) in [7, 11) is 1.63. The standard InChI is InChI=1S/C17H21N3O2S/c1-22-12-6-11-18-17(21)20(23)16-10-5-9-15(19-16)13-14-7-3-2-4-8-14/h2-5,7-10,23H,6,11-13H2,1H3,(H,18,21). The molecule has 1 aromatic carbocycles. The highest BCUT2D eigenvalue weighted by Crippen LogP contribution is 2.16. The highest BCUT2D eigenvalue weighted by molar-refractivity contribution is 7.82. The van der Waals surface area contributed by atoms with E-state index in [1.165, 1.54) is 9.87 Å². The van der Waals surface area contributed by atoms with Gasteiger partial charge in [0.15, 0.2) is 0 Å². The lowest BCUT2D eigenvalue weighted by atomic mass is 10.1. The van der Waals surface area contributed by atoms with E-state index in [2.05, 4.69) is 35.2 Å². The largest absolute Gasteiger partial charge is 0.385 e. The first-order chi connectivity index (χ1) is 11.2. The minimum Gasteiger partial charge on any atom is -0.385 e. The summed E-state index contributed by atoms with van der Waals surface area (Å²) < 4.78 is 6.17. The Morgan fingerprint density at radius 3 is 2.74 bits per heavy atom. The third kappa shape index (κ3) is 5.58. The van der Waals surface area contributed by atoms with Crippen LogP contribution in [0.4, 0.5) is 10.6 Å². The van der Waals surface area contributed by atoms with Crippen LogP contribution in [-0.2, 0) is 11.2 Å². The number of rotatable bonds is 7. The van der Waals surface area contributed by atoms with E-state index < -0.39 is 0 Å². The van der Waals surface area contributed by atoms with Gasteiger partial charge in [-0.25, -0.2) is 14.1 Å². The van der Waals surface area contributed by atoms with Crippen LogP contribution in [-0.4, -0.2) is 31.3 Å². The molecule has 1 N–H and O–H groups in total. The van der Waals surface area contributed by atoms with Gasteiger partial charge in [0.05, 0.1) is 0 Å². The number of ether oxygens (including phenoxy) is 1. The summed E-state index contributed by atoms with van der Waals surface area (Å²) in [6, 6.07) is 15.4. The van der Waals surface area contributed by atoms with Gasteiger partial charge in [0.1, 0.15) is 5.82 Å². The maximum Gasteiger partial charge on any atom is 0.333 e. The monoisotopic (exact) mass is 331 g/mol. The van der Waals surface area contributed by atoms with Crippen molar-refractivity contribution in [2.24, 2.45) is 0 Å². The van der Waals surface area contributed by atoms with Crippen molar-refractivity contribution < 1.29 is 9.53 Å². The van der Waals surface area contributed by atoms with E-state index in [-0.39, 0.29) is 6.03 Å². The lowest BCUT2D eigenvalue weighted by Gasteiger charge is -2.16. The molecular formula is C17H21N3O2S. The number of methoxy groups -OCH3 is 1. The number of anilines is 1. The van der Waals surface area contributed by atoms with Gasteiger partial charge in [-0.3, -0.25) is 0 Å². The van der Waals surface area contributed by atoms with Crippen LogP contribution in [0.5, 0.6) is 0 Å². The van der Waals surface area contributed by atoms with E-state index in [0.29, 0.717) is 25.4 Å². The smallest absolute Gasteiger partial charge is 0.333 e. The van der Waals surface area contributed by atoms with E-state index in [1.807, 2.05) is 30.3 Å². The number of carbonyl (C=O) groups is 1. The first kappa shape index (κ1) is 17.3. The lowest BCUT2D eigenvalue weighted by Crippen LogP contribution is -2.35. The van der Waals surface area contributed by atoms with Crippen LogP contribution in [0.15, 0.2) is 48.5 Å². The number of nitrogens with zero attached hydrogens (tertiary/aromatic N) is 2. The summed E-state index contributed by atoms with van der Waals surface area (Å²) in [4.78, 5) is 16.5. The molecule has 0 unspecified atom stereocenters. The van der Waals surface area contributed by atoms with Gasteiger partial charge in [0.2, 0.25) is 0 Å². The molecule has 0 fully saturated rings. The molecule has 0 aliphatic heterocycles. The van der Waals surface area contributed by atoms with Crippen LogP contribution in [0, 0.1) is 0 Å². The fourth-order valence-electron chi connectivity index (χ4n) is 2.08. The van der Waals surface area contributed by atoms with E-state index >= 15 is 0 Å². The minimum atomic E-state index is -0.297. The zero-order chi connectivity index (χ0) is 16.5. The lowest BCUT2D eigenvalue weighted by molar-refractivity contribution is 0.194. The molecule has 0 saturated heterocycles. The molecular weight excluding hydrogens is 310 g/mol. The molecule has 23 heavy (non-hydrogen) atoms. The van der Waals surface area contributed by atoms with Crippen molar-refractivity contribution in [3.05, 3.63) is 59.8 Å². The van der Waals surface area contributed by atoms with Gasteiger partial charge in [-0.05, 0) is 24.1 Å². The molecule has 2 aromatic rings. The average molecular weight is 331 g/mol. The maximum absolute atomic E-state index is 12.0. The van der Waals surface area contributed by atoms with Gasteiger partial charge in [-0.1, -0.05) is 49.2 Å². The first-order valence-electron chi connectivity index (χ1n) is 7.46. The number of urea groups is 1. The maximum atomic E-state index is 12.0. The first-order valence-corrected chi connectivity index (χ1v) is 7.86. The Hall–Kier alpha value is -2.05. The molecule has 0 spiro atoms. The van der Waals surface area contributed by atoms with Gasteiger partial charge in [-0.2, -0.15) is 0 Å². The second-order valence-electron chi connectivity index (χ2n) is 5.04. The number of benzene rings is 1. The summed E-state index contributed by atoms with van der Waals surface area (Å²) in [6.45, 7) is 1.14. The fourth-order valence-corrected chi connectivity index (χ4v) is 2.26. The second kappa shape index (κ2) is 9.17. The molecule has 2 rings (SSSR count). The highest BCUT2D eigenvalue weighted by atomic mass is 32.1. The van der Waals surface area contributed by atoms with Crippen LogP contribution in [0.3, 0.4) is 0 Å². The normalized spacial score (nSPS) is 10.3. The minimum absolute atomic E-state index is 0.297. The number of carbonyl (C=O) groups excluding carboxylic acids is 1. The third-order valence-corrected chi connectivity index (χ3v) is 3.62. The SMILES string of the molecule is COCCCNC(=O)N(S)c1cccc(Cc2ccccc2)n1. The Morgan fingerprint density at radius 2 is 2.00 bits per heavy atom. The van der Waals surface area contributed by atoms with Crippen molar-refractivity contribution in [2.75, 3.05) is 24.6 Å². The molecule has 6 heteroatoms. The highest BCUT2D eigenvalue weighted by Gasteiger charge is 2.13. The van der Waals surface area contributed by atoms with E-state index in [1.54, 1.807) is 13.2 Å². The topological polar surface area (TPSA) is 54.5 Å². The van der Waals surface area contributed by atoms with Crippen LogP contribution in [0.2, 0.25) is 0 Å². The van der Waals surface area contributed by atoms with Gasteiger partial charge in [-0.15, -0.1) is 0 Å². The number of amides is 2. The van der Waals surface area contributed by atoms with E-state index in [4.69, 9.17) is 4.74 Å². The van der Waals surface area contributed by atoms with Crippen molar-refractivity contribution in [1.29, 1.82) is 0 Å². The number of hydrogen-bond donors (Lipinski definition) is 2. The van der Waals surface area contributed by atoms with Crippen molar-refractivity contribution >= 4 is 24.7 Å². The summed E-state index contributed by atoms with van der Waals surface area (Å²) in [5.74, 6) is 0.506. The van der Waals surface area contributed by atoms with Gasteiger partial charge < -0.3 is 10.1 Å². The molecule has 122 valence electrons. The number of nitrogens with one attached hydrogen (secondary N) is 1. The summed E-state index contributed by atoms with van der Waals surface area (Å²) >= 11 is 4.24. The predicted molar refractivity (Wildman–Crippen MR) is 94.8 cm³/mol. The molecule has 0 bridgehead atoms. The molecule has 2 amide bonds. The number of pyridine rings is 1. The Morgan fingerprint density at radius 1 is 1.22 bits per heavy atom. The number of aromatic nitrogens is 1. The van der Waals surface area contributed by atoms with E-state index in [9.17, 15) is 4.79 Å².